The van der Waals surface area contributed by atoms with E-state index in [1.54, 1.807) is 12.1 Å². The quantitative estimate of drug-likeness (QED) is 0.667. The van der Waals surface area contributed by atoms with Crippen LogP contribution < -0.4 is 4.74 Å². The lowest BCUT2D eigenvalue weighted by Gasteiger charge is -2.21. The van der Waals surface area contributed by atoms with Crippen molar-refractivity contribution in [2.75, 3.05) is 0 Å². The van der Waals surface area contributed by atoms with Gasteiger partial charge < -0.3 is 4.74 Å². The van der Waals surface area contributed by atoms with Crippen molar-refractivity contribution in [3.8, 4) is 5.75 Å². The van der Waals surface area contributed by atoms with Gasteiger partial charge in [0, 0.05) is 5.02 Å². The number of rotatable bonds is 1. The predicted molar refractivity (Wildman–Crippen MR) is 56.3 cm³/mol. The van der Waals surface area contributed by atoms with Crippen LogP contribution >= 0.6 is 11.6 Å². The second-order valence-electron chi connectivity index (χ2n) is 4.01. The van der Waals surface area contributed by atoms with Crippen molar-refractivity contribution < 1.29 is 4.74 Å². The minimum atomic E-state index is -0.197. The van der Waals surface area contributed by atoms with E-state index in [2.05, 4.69) is 6.92 Å². The van der Waals surface area contributed by atoms with Gasteiger partial charge in [0.2, 0.25) is 0 Å². The third-order valence-corrected chi connectivity index (χ3v) is 1.57. The summed E-state index contributed by atoms with van der Waals surface area (Å²) < 4.78 is 5.64. The fourth-order valence-corrected chi connectivity index (χ4v) is 1.28. The average Bonchev–Trinajstić information content (AvgIpc) is 1.78. The van der Waals surface area contributed by atoms with E-state index >= 15 is 0 Å². The summed E-state index contributed by atoms with van der Waals surface area (Å²) >= 11 is 5.86. The molecule has 0 N–H and O–H groups in total. The van der Waals surface area contributed by atoms with Crippen molar-refractivity contribution >= 4 is 11.6 Å². The van der Waals surface area contributed by atoms with Crippen molar-refractivity contribution in [1.29, 1.82) is 0 Å². The molecule has 0 aliphatic rings. The molecule has 0 aromatic heterocycles. The predicted octanol–water partition coefficient (Wildman–Crippen LogP) is 3.70. The highest BCUT2D eigenvalue weighted by Gasteiger charge is 2.11. The van der Waals surface area contributed by atoms with Crippen LogP contribution in [0.25, 0.3) is 0 Å². The van der Waals surface area contributed by atoms with Crippen LogP contribution in [0.2, 0.25) is 5.02 Å². The summed E-state index contributed by atoms with van der Waals surface area (Å²) in [6.45, 7) is 9.80. The first-order chi connectivity index (χ1) is 5.87. The van der Waals surface area contributed by atoms with Gasteiger partial charge in [0.1, 0.15) is 11.4 Å². The van der Waals surface area contributed by atoms with Crippen LogP contribution in [0.15, 0.2) is 18.2 Å². The third kappa shape index (κ3) is 3.69. The Morgan fingerprint density at radius 1 is 1.23 bits per heavy atom. The molecule has 1 aromatic rings. The second kappa shape index (κ2) is 3.59. The van der Waals surface area contributed by atoms with Crippen molar-refractivity contribution in [3.05, 3.63) is 35.7 Å². The SMILES string of the molecule is [CH2]c1cc(Cl)cc(OC(C)(C)C)c1. The number of hydrogen-bond donors (Lipinski definition) is 0. The maximum atomic E-state index is 5.86. The number of benzene rings is 1. The lowest BCUT2D eigenvalue weighted by Crippen LogP contribution is -2.22. The normalized spacial score (nSPS) is 11.5. The van der Waals surface area contributed by atoms with Crippen molar-refractivity contribution in [3.63, 3.8) is 0 Å². The van der Waals surface area contributed by atoms with Crippen LogP contribution in [0, 0.1) is 6.92 Å². The molecule has 0 aliphatic heterocycles. The van der Waals surface area contributed by atoms with Crippen LogP contribution in [0.5, 0.6) is 5.75 Å². The molecular formula is C11H14ClO. The highest BCUT2D eigenvalue weighted by Crippen LogP contribution is 2.23. The van der Waals surface area contributed by atoms with E-state index in [1.807, 2.05) is 26.8 Å². The smallest absolute Gasteiger partial charge is 0.121 e. The Labute approximate surface area is 84.7 Å². The van der Waals surface area contributed by atoms with Crippen molar-refractivity contribution in [2.24, 2.45) is 0 Å². The molecule has 0 bridgehead atoms. The fourth-order valence-electron chi connectivity index (χ4n) is 1.03. The van der Waals surface area contributed by atoms with E-state index in [0.717, 1.165) is 11.3 Å². The summed E-state index contributed by atoms with van der Waals surface area (Å²) in [5.41, 5.74) is 0.670. The zero-order valence-corrected chi connectivity index (χ0v) is 8.98. The Hall–Kier alpha value is -0.690. The Kier molecular flexibility index (Phi) is 2.87. The molecule has 0 unspecified atom stereocenters. The summed E-state index contributed by atoms with van der Waals surface area (Å²) in [6, 6.07) is 5.47. The molecule has 0 spiro atoms. The largest absolute Gasteiger partial charge is 0.488 e. The lowest BCUT2D eigenvalue weighted by atomic mass is 10.2. The molecule has 2 heteroatoms. The van der Waals surface area contributed by atoms with Crippen molar-refractivity contribution in [2.45, 2.75) is 26.4 Å². The Morgan fingerprint density at radius 3 is 2.31 bits per heavy atom. The molecule has 0 saturated carbocycles. The first-order valence-corrected chi connectivity index (χ1v) is 4.56. The third-order valence-electron chi connectivity index (χ3n) is 1.36. The van der Waals surface area contributed by atoms with E-state index in [1.165, 1.54) is 0 Å². The van der Waals surface area contributed by atoms with Crippen molar-refractivity contribution in [1.82, 2.24) is 0 Å². The second-order valence-corrected chi connectivity index (χ2v) is 4.45. The van der Waals surface area contributed by atoms with E-state index in [4.69, 9.17) is 16.3 Å². The molecule has 1 aromatic carbocycles. The molecule has 13 heavy (non-hydrogen) atoms. The van der Waals surface area contributed by atoms with Gasteiger partial charge in [-0.1, -0.05) is 11.6 Å². The van der Waals surface area contributed by atoms with Gasteiger partial charge in [-0.3, -0.25) is 0 Å². The van der Waals surface area contributed by atoms with Gasteiger partial charge in [-0.05, 0) is 51.5 Å². The molecule has 0 atom stereocenters. The minimum absolute atomic E-state index is 0.197. The molecule has 0 heterocycles. The van der Waals surface area contributed by atoms with E-state index in [-0.39, 0.29) is 5.60 Å². The minimum Gasteiger partial charge on any atom is -0.488 e. The van der Waals surface area contributed by atoms with Crippen LogP contribution in [0.4, 0.5) is 0 Å². The topological polar surface area (TPSA) is 9.23 Å². The molecule has 0 aliphatic carbocycles. The van der Waals surface area contributed by atoms with Gasteiger partial charge in [-0.15, -0.1) is 0 Å². The molecular weight excluding hydrogens is 184 g/mol. The van der Waals surface area contributed by atoms with Crippen LogP contribution in [-0.4, -0.2) is 5.60 Å². The molecule has 0 amide bonds. The highest BCUT2D eigenvalue weighted by atomic mass is 35.5. The Morgan fingerprint density at radius 2 is 1.85 bits per heavy atom. The maximum absolute atomic E-state index is 5.86. The van der Waals surface area contributed by atoms with Gasteiger partial charge >= 0.3 is 0 Å². The van der Waals surface area contributed by atoms with Gasteiger partial charge in [-0.25, -0.2) is 0 Å². The number of ether oxygens (including phenoxy) is 1. The highest BCUT2D eigenvalue weighted by molar-refractivity contribution is 6.30. The van der Waals surface area contributed by atoms with Crippen LogP contribution in [-0.2, 0) is 0 Å². The molecule has 1 radical (unpaired) electrons. The summed E-state index contributed by atoms with van der Waals surface area (Å²) in [5.74, 6) is 0.769. The summed E-state index contributed by atoms with van der Waals surface area (Å²) in [6.07, 6.45) is 0. The molecule has 71 valence electrons. The van der Waals surface area contributed by atoms with Gasteiger partial charge in [0.05, 0.1) is 0 Å². The lowest BCUT2D eigenvalue weighted by molar-refractivity contribution is 0.131. The van der Waals surface area contributed by atoms with Crippen LogP contribution in [0.3, 0.4) is 0 Å². The first-order valence-electron chi connectivity index (χ1n) is 4.18. The van der Waals surface area contributed by atoms with E-state index in [9.17, 15) is 0 Å². The average molecular weight is 198 g/mol. The van der Waals surface area contributed by atoms with E-state index < -0.39 is 0 Å². The summed E-state index contributed by atoms with van der Waals surface area (Å²) in [7, 11) is 0. The van der Waals surface area contributed by atoms with Gasteiger partial charge in [-0.2, -0.15) is 0 Å². The first kappa shape index (κ1) is 10.4. The standard InChI is InChI=1S/C11H14ClO/c1-8-5-9(12)7-10(6-8)13-11(2,3)4/h5-7H,1H2,2-4H3. The Balaban J connectivity index is 2.90. The Bertz CT molecular complexity index is 279. The van der Waals surface area contributed by atoms with E-state index in [0.29, 0.717) is 5.02 Å². The molecule has 0 fully saturated rings. The monoisotopic (exact) mass is 197 g/mol. The number of halogens is 1. The van der Waals surface area contributed by atoms with Gasteiger partial charge in [0.25, 0.3) is 0 Å². The van der Waals surface area contributed by atoms with Gasteiger partial charge in [0.15, 0.2) is 0 Å². The fraction of sp³-hybridized carbons (Fsp3) is 0.364. The van der Waals surface area contributed by atoms with Crippen LogP contribution in [0.1, 0.15) is 26.3 Å². The zero-order chi connectivity index (χ0) is 10.1. The number of hydrogen-bond acceptors (Lipinski definition) is 1. The maximum Gasteiger partial charge on any atom is 0.121 e. The molecule has 1 rings (SSSR count). The zero-order valence-electron chi connectivity index (χ0n) is 8.23. The summed E-state index contributed by atoms with van der Waals surface area (Å²) in [4.78, 5) is 0. The summed E-state index contributed by atoms with van der Waals surface area (Å²) in [5, 5.41) is 0.659. The molecule has 1 nitrogen and oxygen atoms in total. The molecule has 0 saturated heterocycles.